The molecule has 21 heavy (non-hydrogen) atoms. The predicted octanol–water partition coefficient (Wildman–Crippen LogP) is 3.52. The molecular formula is C16H28N2O2S. The Balaban J connectivity index is 2.44. The molecule has 0 saturated heterocycles. The van der Waals surface area contributed by atoms with E-state index in [1.54, 1.807) is 11.3 Å². The van der Waals surface area contributed by atoms with E-state index in [2.05, 4.69) is 37.5 Å². The van der Waals surface area contributed by atoms with Crippen molar-refractivity contribution in [3.63, 3.8) is 0 Å². The summed E-state index contributed by atoms with van der Waals surface area (Å²) in [6, 6.07) is 2.01. The highest BCUT2D eigenvalue weighted by molar-refractivity contribution is 7.12. The summed E-state index contributed by atoms with van der Waals surface area (Å²) in [7, 11) is 0. The number of amides is 2. The number of aliphatic hydroxyl groups excluding tert-OH is 1. The number of hydrogen-bond acceptors (Lipinski definition) is 3. The number of carbonyl (C=O) groups excluding carboxylic acids is 1. The maximum Gasteiger partial charge on any atom is 0.315 e. The van der Waals surface area contributed by atoms with Crippen molar-refractivity contribution in [2.75, 3.05) is 13.2 Å². The number of nitrogens with one attached hydrogen (secondary N) is 2. The second-order valence-corrected chi connectivity index (χ2v) is 7.07. The SMILES string of the molecule is CCCC(CCO)CNC(=O)NC(C)c1cc(C)sc1C. The molecule has 0 bridgehead atoms. The van der Waals surface area contributed by atoms with Crippen molar-refractivity contribution in [1.82, 2.24) is 10.6 Å². The second kappa shape index (κ2) is 9.05. The van der Waals surface area contributed by atoms with Gasteiger partial charge in [0.25, 0.3) is 0 Å². The van der Waals surface area contributed by atoms with Gasteiger partial charge in [0, 0.05) is 22.9 Å². The standard InChI is InChI=1S/C16H28N2O2S/c1-5-6-14(7-8-19)10-17-16(20)18-12(3)15-9-11(2)21-13(15)4/h9,12,14,19H,5-8,10H2,1-4H3,(H2,17,18,20). The molecule has 4 nitrogen and oxygen atoms in total. The largest absolute Gasteiger partial charge is 0.396 e. The third-order valence-corrected chi connectivity index (χ3v) is 4.66. The van der Waals surface area contributed by atoms with E-state index in [0.717, 1.165) is 19.3 Å². The zero-order valence-electron chi connectivity index (χ0n) is 13.5. The van der Waals surface area contributed by atoms with E-state index >= 15 is 0 Å². The van der Waals surface area contributed by atoms with Crippen molar-refractivity contribution in [2.45, 2.75) is 53.0 Å². The summed E-state index contributed by atoms with van der Waals surface area (Å²) in [6.07, 6.45) is 2.84. The zero-order chi connectivity index (χ0) is 15.8. The molecule has 0 aliphatic rings. The first-order valence-corrected chi connectivity index (χ1v) is 8.51. The normalized spacial score (nSPS) is 13.8. The Morgan fingerprint density at radius 1 is 1.38 bits per heavy atom. The van der Waals surface area contributed by atoms with Gasteiger partial charge in [-0.15, -0.1) is 11.3 Å². The van der Waals surface area contributed by atoms with Gasteiger partial charge in [0.15, 0.2) is 0 Å². The van der Waals surface area contributed by atoms with Crippen molar-refractivity contribution in [3.05, 3.63) is 21.4 Å². The lowest BCUT2D eigenvalue weighted by Crippen LogP contribution is -2.39. The number of rotatable bonds is 8. The van der Waals surface area contributed by atoms with Crippen LogP contribution in [0.5, 0.6) is 0 Å². The molecule has 0 fully saturated rings. The van der Waals surface area contributed by atoms with E-state index in [1.165, 1.54) is 15.3 Å². The summed E-state index contributed by atoms with van der Waals surface area (Å²) >= 11 is 1.76. The van der Waals surface area contributed by atoms with Crippen LogP contribution < -0.4 is 10.6 Å². The topological polar surface area (TPSA) is 61.4 Å². The average molecular weight is 312 g/mol. The molecule has 3 N–H and O–H groups in total. The molecule has 120 valence electrons. The minimum absolute atomic E-state index is 0.0115. The van der Waals surface area contributed by atoms with Crippen LogP contribution in [-0.4, -0.2) is 24.3 Å². The van der Waals surface area contributed by atoms with Crippen LogP contribution in [0.4, 0.5) is 4.79 Å². The summed E-state index contributed by atoms with van der Waals surface area (Å²) in [5.41, 5.74) is 1.19. The molecule has 0 radical (unpaired) electrons. The molecule has 2 unspecified atom stereocenters. The van der Waals surface area contributed by atoms with Gasteiger partial charge < -0.3 is 15.7 Å². The fraction of sp³-hybridized carbons (Fsp3) is 0.688. The third-order valence-electron chi connectivity index (χ3n) is 3.68. The van der Waals surface area contributed by atoms with Crippen molar-refractivity contribution in [2.24, 2.45) is 5.92 Å². The predicted molar refractivity (Wildman–Crippen MR) is 88.8 cm³/mol. The highest BCUT2D eigenvalue weighted by atomic mass is 32.1. The van der Waals surface area contributed by atoms with Gasteiger partial charge >= 0.3 is 6.03 Å². The van der Waals surface area contributed by atoms with E-state index in [4.69, 9.17) is 5.11 Å². The third kappa shape index (κ3) is 6.06. The van der Waals surface area contributed by atoms with Crippen LogP contribution in [0.15, 0.2) is 6.07 Å². The van der Waals surface area contributed by atoms with Crippen LogP contribution in [0.3, 0.4) is 0 Å². The number of hydrogen-bond donors (Lipinski definition) is 3. The Morgan fingerprint density at radius 2 is 2.10 bits per heavy atom. The second-order valence-electron chi connectivity index (χ2n) is 5.61. The molecule has 0 aliphatic heterocycles. The molecule has 2 atom stereocenters. The highest BCUT2D eigenvalue weighted by Crippen LogP contribution is 2.25. The number of thiophene rings is 1. The van der Waals surface area contributed by atoms with Crippen molar-refractivity contribution < 1.29 is 9.90 Å². The molecule has 0 saturated carbocycles. The lowest BCUT2D eigenvalue weighted by atomic mass is 10.0. The average Bonchev–Trinajstić information content (AvgIpc) is 2.75. The number of urea groups is 1. The van der Waals surface area contributed by atoms with Gasteiger partial charge in [0.05, 0.1) is 6.04 Å². The quantitative estimate of drug-likeness (QED) is 0.688. The fourth-order valence-electron chi connectivity index (χ4n) is 2.58. The van der Waals surface area contributed by atoms with Crippen LogP contribution >= 0.6 is 11.3 Å². The van der Waals surface area contributed by atoms with Gasteiger partial charge in [0.2, 0.25) is 0 Å². The lowest BCUT2D eigenvalue weighted by Gasteiger charge is -2.18. The zero-order valence-corrected chi connectivity index (χ0v) is 14.3. The Morgan fingerprint density at radius 3 is 2.62 bits per heavy atom. The first kappa shape index (κ1) is 18.0. The summed E-state index contributed by atoms with van der Waals surface area (Å²) in [5, 5.41) is 14.9. The van der Waals surface area contributed by atoms with E-state index in [9.17, 15) is 4.79 Å². The van der Waals surface area contributed by atoms with Crippen molar-refractivity contribution in [1.29, 1.82) is 0 Å². The first-order chi connectivity index (χ1) is 9.97. The fourth-order valence-corrected chi connectivity index (χ4v) is 3.60. The molecule has 1 rings (SSSR count). The van der Waals surface area contributed by atoms with Gasteiger partial charge in [-0.3, -0.25) is 0 Å². The molecule has 1 aromatic heterocycles. The van der Waals surface area contributed by atoms with E-state index in [0.29, 0.717) is 12.5 Å². The van der Waals surface area contributed by atoms with Gasteiger partial charge in [-0.2, -0.15) is 0 Å². The van der Waals surface area contributed by atoms with Gasteiger partial charge in [-0.25, -0.2) is 4.79 Å². The Labute approximate surface area is 132 Å². The van der Waals surface area contributed by atoms with Gasteiger partial charge in [-0.1, -0.05) is 13.3 Å². The Kier molecular flexibility index (Phi) is 7.75. The summed E-state index contributed by atoms with van der Waals surface area (Å²) < 4.78 is 0. The minimum Gasteiger partial charge on any atom is -0.396 e. The molecule has 5 heteroatoms. The van der Waals surface area contributed by atoms with E-state index < -0.39 is 0 Å². The molecule has 0 spiro atoms. The maximum atomic E-state index is 12.0. The first-order valence-electron chi connectivity index (χ1n) is 7.70. The van der Waals surface area contributed by atoms with Crippen LogP contribution in [0, 0.1) is 19.8 Å². The number of aryl methyl sites for hydroxylation is 2. The summed E-state index contributed by atoms with van der Waals surface area (Å²) in [5.74, 6) is 0.353. The van der Waals surface area contributed by atoms with Crippen molar-refractivity contribution >= 4 is 17.4 Å². The van der Waals surface area contributed by atoms with E-state index in [-0.39, 0.29) is 18.7 Å². The van der Waals surface area contributed by atoms with Crippen LogP contribution in [0.1, 0.15) is 54.5 Å². The Bertz CT molecular complexity index is 439. The highest BCUT2D eigenvalue weighted by Gasteiger charge is 2.15. The minimum atomic E-state index is -0.134. The monoisotopic (exact) mass is 312 g/mol. The molecule has 1 heterocycles. The lowest BCUT2D eigenvalue weighted by molar-refractivity contribution is 0.227. The van der Waals surface area contributed by atoms with Crippen LogP contribution in [0.25, 0.3) is 0 Å². The summed E-state index contributed by atoms with van der Waals surface area (Å²) in [4.78, 5) is 14.5. The van der Waals surface area contributed by atoms with Crippen LogP contribution in [0.2, 0.25) is 0 Å². The van der Waals surface area contributed by atoms with Gasteiger partial charge in [0.1, 0.15) is 0 Å². The van der Waals surface area contributed by atoms with Crippen LogP contribution in [-0.2, 0) is 0 Å². The van der Waals surface area contributed by atoms with E-state index in [1.807, 2.05) is 6.92 Å². The molecule has 0 aliphatic carbocycles. The van der Waals surface area contributed by atoms with Gasteiger partial charge in [-0.05, 0) is 51.2 Å². The molecule has 0 aromatic carbocycles. The molecular weight excluding hydrogens is 284 g/mol. The number of carbonyl (C=O) groups is 1. The number of aliphatic hydroxyl groups is 1. The molecule has 2 amide bonds. The molecule has 1 aromatic rings. The maximum absolute atomic E-state index is 12.0. The van der Waals surface area contributed by atoms with Crippen molar-refractivity contribution in [3.8, 4) is 0 Å². The smallest absolute Gasteiger partial charge is 0.315 e. The summed E-state index contributed by atoms with van der Waals surface area (Å²) in [6.45, 7) is 9.09. The Hall–Kier alpha value is -1.07.